The van der Waals surface area contributed by atoms with Crippen LogP contribution < -0.4 is 0 Å². The number of allylic oxidation sites excluding steroid dienone is 2. The van der Waals surface area contributed by atoms with Crippen LogP contribution in [0.3, 0.4) is 0 Å². The summed E-state index contributed by atoms with van der Waals surface area (Å²) in [4.78, 5) is 20.9. The van der Waals surface area contributed by atoms with Crippen molar-refractivity contribution in [2.45, 2.75) is 0 Å². The van der Waals surface area contributed by atoms with Crippen molar-refractivity contribution < 1.29 is 9.59 Å². The molecule has 24 heavy (non-hydrogen) atoms. The minimum atomic E-state index is 0.730. The quantitative estimate of drug-likeness (QED) is 0.492. The van der Waals surface area contributed by atoms with Gasteiger partial charge >= 0.3 is 0 Å². The van der Waals surface area contributed by atoms with Crippen molar-refractivity contribution in [3.63, 3.8) is 0 Å². The van der Waals surface area contributed by atoms with Crippen LogP contribution in [0.15, 0.2) is 60.7 Å². The molecule has 0 atom stereocenters. The van der Waals surface area contributed by atoms with Gasteiger partial charge in [-0.15, -0.1) is 0 Å². The first-order chi connectivity index (χ1) is 11.8. The molecular formula is C22H14O2. The Morgan fingerprint density at radius 1 is 0.625 bits per heavy atom. The van der Waals surface area contributed by atoms with Crippen molar-refractivity contribution in [2.24, 2.45) is 0 Å². The number of aldehydes is 2. The van der Waals surface area contributed by atoms with E-state index in [4.69, 9.17) is 0 Å². The summed E-state index contributed by atoms with van der Waals surface area (Å²) in [6, 6.07) is 15.1. The molecule has 114 valence electrons. The summed E-state index contributed by atoms with van der Waals surface area (Å²) in [5.74, 6) is 11.6. The van der Waals surface area contributed by atoms with Crippen molar-refractivity contribution in [2.75, 3.05) is 0 Å². The van der Waals surface area contributed by atoms with Gasteiger partial charge in [-0.1, -0.05) is 60.4 Å². The zero-order valence-corrected chi connectivity index (χ0v) is 12.9. The lowest BCUT2D eigenvalue weighted by atomic mass is 10.1. The Kier molecular flexibility index (Phi) is 6.56. The van der Waals surface area contributed by atoms with E-state index in [0.29, 0.717) is 0 Å². The minimum Gasteiger partial charge on any atom is -0.299 e. The Balaban J connectivity index is 2.26. The molecule has 0 fully saturated rings. The van der Waals surface area contributed by atoms with E-state index in [9.17, 15) is 9.59 Å². The second-order valence-electron chi connectivity index (χ2n) is 4.66. The van der Waals surface area contributed by atoms with Crippen LogP contribution in [0.1, 0.15) is 22.3 Å². The first kappa shape index (κ1) is 16.7. The van der Waals surface area contributed by atoms with Gasteiger partial charge in [0.15, 0.2) is 0 Å². The number of hydrogen-bond donors (Lipinski definition) is 0. The molecular weight excluding hydrogens is 296 g/mol. The first-order valence-electron chi connectivity index (χ1n) is 7.29. The molecule has 0 unspecified atom stereocenters. The molecule has 0 radical (unpaired) electrons. The Bertz CT molecular complexity index is 832. The summed E-state index contributed by atoms with van der Waals surface area (Å²) >= 11 is 0. The highest BCUT2D eigenvalue weighted by molar-refractivity contribution is 5.76. The van der Waals surface area contributed by atoms with Crippen molar-refractivity contribution in [1.29, 1.82) is 0 Å². The van der Waals surface area contributed by atoms with Gasteiger partial charge in [0.05, 0.1) is 0 Å². The molecule has 0 aliphatic carbocycles. The Labute approximate surface area is 141 Å². The average Bonchev–Trinajstić information content (AvgIpc) is 2.63. The fraction of sp³-hybridized carbons (Fsp3) is 0. The molecule has 2 rings (SSSR count). The van der Waals surface area contributed by atoms with Gasteiger partial charge in [0, 0.05) is 11.1 Å². The van der Waals surface area contributed by atoms with Crippen LogP contribution >= 0.6 is 0 Å². The zero-order chi connectivity index (χ0) is 17.0. The second kappa shape index (κ2) is 9.41. The lowest BCUT2D eigenvalue weighted by molar-refractivity contribution is -0.104. The molecule has 0 spiro atoms. The highest BCUT2D eigenvalue weighted by atomic mass is 16.1. The summed E-state index contributed by atoms with van der Waals surface area (Å²) in [6.07, 6.45) is 7.75. The van der Waals surface area contributed by atoms with E-state index in [1.165, 1.54) is 12.2 Å². The number of benzene rings is 2. The summed E-state index contributed by atoms with van der Waals surface area (Å²) < 4.78 is 0. The van der Waals surface area contributed by atoms with Crippen molar-refractivity contribution >= 4 is 24.7 Å². The van der Waals surface area contributed by atoms with Gasteiger partial charge in [0.25, 0.3) is 0 Å². The third-order valence-electron chi connectivity index (χ3n) is 3.09. The van der Waals surface area contributed by atoms with E-state index in [1.807, 2.05) is 48.5 Å². The Morgan fingerprint density at radius 2 is 1.04 bits per heavy atom. The van der Waals surface area contributed by atoms with Crippen LogP contribution in [0.25, 0.3) is 12.2 Å². The summed E-state index contributed by atoms with van der Waals surface area (Å²) in [5, 5.41) is 0. The molecule has 2 aromatic carbocycles. The topological polar surface area (TPSA) is 34.1 Å². The van der Waals surface area contributed by atoms with Crippen LogP contribution in [-0.4, -0.2) is 12.6 Å². The largest absolute Gasteiger partial charge is 0.299 e. The predicted octanol–water partition coefficient (Wildman–Crippen LogP) is 3.51. The van der Waals surface area contributed by atoms with Gasteiger partial charge in [0.2, 0.25) is 0 Å². The number of hydrogen-bond acceptors (Lipinski definition) is 2. The summed E-state index contributed by atoms with van der Waals surface area (Å²) in [6.45, 7) is 0. The summed E-state index contributed by atoms with van der Waals surface area (Å²) in [5.41, 5.74) is 3.35. The smallest absolute Gasteiger partial charge is 0.142 e. The van der Waals surface area contributed by atoms with Crippen LogP contribution in [-0.2, 0) is 9.59 Å². The standard InChI is InChI=1S/C22H14O2/c23-17-7-15-21-13-5-3-11-19(21)9-1-2-10-20-12-4-6-14-22(20)16-8-18-24/h3-8,11-18H/b15-7+,16-8+. The molecule has 0 saturated carbocycles. The first-order valence-corrected chi connectivity index (χ1v) is 7.29. The van der Waals surface area contributed by atoms with Crippen LogP contribution in [0.4, 0.5) is 0 Å². The highest BCUT2D eigenvalue weighted by Gasteiger charge is 1.94. The molecule has 0 aliphatic heterocycles. The van der Waals surface area contributed by atoms with Gasteiger partial charge in [-0.3, -0.25) is 9.59 Å². The molecule has 2 aromatic rings. The van der Waals surface area contributed by atoms with Crippen LogP contribution in [0, 0.1) is 23.7 Å². The second-order valence-corrected chi connectivity index (χ2v) is 4.66. The SMILES string of the molecule is O=C/C=C/c1ccccc1C#CC#Cc1ccccc1/C=C/C=O. The highest BCUT2D eigenvalue weighted by Crippen LogP contribution is 2.10. The van der Waals surface area contributed by atoms with Crippen molar-refractivity contribution in [3.05, 3.63) is 82.9 Å². The average molecular weight is 310 g/mol. The molecule has 0 amide bonds. The van der Waals surface area contributed by atoms with Crippen LogP contribution in [0.2, 0.25) is 0 Å². The Hall–Kier alpha value is -3.62. The van der Waals surface area contributed by atoms with Crippen molar-refractivity contribution in [3.8, 4) is 23.7 Å². The molecule has 2 heteroatoms. The monoisotopic (exact) mass is 310 g/mol. The normalized spacial score (nSPS) is 9.83. The Morgan fingerprint density at radius 3 is 1.46 bits per heavy atom. The number of carbonyl (C=O) groups excluding carboxylic acids is 2. The van der Waals surface area contributed by atoms with Gasteiger partial charge in [-0.2, -0.15) is 0 Å². The number of rotatable bonds is 4. The maximum atomic E-state index is 10.4. The van der Waals surface area contributed by atoms with Crippen molar-refractivity contribution in [1.82, 2.24) is 0 Å². The summed E-state index contributed by atoms with van der Waals surface area (Å²) in [7, 11) is 0. The van der Waals surface area contributed by atoms with E-state index < -0.39 is 0 Å². The van der Waals surface area contributed by atoms with E-state index in [2.05, 4.69) is 23.7 Å². The molecule has 0 aliphatic rings. The third-order valence-corrected chi connectivity index (χ3v) is 3.09. The van der Waals surface area contributed by atoms with Gasteiger partial charge < -0.3 is 0 Å². The predicted molar refractivity (Wildman–Crippen MR) is 96.8 cm³/mol. The molecule has 0 bridgehead atoms. The van der Waals surface area contributed by atoms with E-state index in [1.54, 1.807) is 12.2 Å². The number of carbonyl (C=O) groups is 2. The van der Waals surface area contributed by atoms with E-state index in [0.717, 1.165) is 34.8 Å². The lowest BCUT2D eigenvalue weighted by Gasteiger charge is -1.96. The van der Waals surface area contributed by atoms with Gasteiger partial charge in [0.1, 0.15) is 12.6 Å². The molecule has 0 heterocycles. The maximum Gasteiger partial charge on any atom is 0.142 e. The van der Waals surface area contributed by atoms with Crippen LogP contribution in [0.5, 0.6) is 0 Å². The molecule has 0 aromatic heterocycles. The van der Waals surface area contributed by atoms with Gasteiger partial charge in [-0.25, -0.2) is 0 Å². The van der Waals surface area contributed by atoms with E-state index >= 15 is 0 Å². The molecule has 0 N–H and O–H groups in total. The maximum absolute atomic E-state index is 10.4. The molecule has 0 saturated heterocycles. The van der Waals surface area contributed by atoms with E-state index in [-0.39, 0.29) is 0 Å². The fourth-order valence-electron chi connectivity index (χ4n) is 2.00. The molecule has 2 nitrogen and oxygen atoms in total. The third kappa shape index (κ3) is 4.98. The fourth-order valence-corrected chi connectivity index (χ4v) is 2.00. The zero-order valence-electron chi connectivity index (χ0n) is 12.9. The minimum absolute atomic E-state index is 0.730. The van der Waals surface area contributed by atoms with Gasteiger partial charge in [-0.05, 0) is 47.3 Å². The lowest BCUT2D eigenvalue weighted by Crippen LogP contribution is -1.81.